The SMILES string of the molecule is O=C(O)Cc1ccc(OC2CCN(C(=O)Oc3ccc(CCOc4ccc(-n5cccc5)cc4)cc3)CC2)cc1. The van der Waals surface area contributed by atoms with Crippen molar-refractivity contribution >= 4 is 12.1 Å². The molecule has 0 bridgehead atoms. The lowest BCUT2D eigenvalue weighted by Gasteiger charge is -2.31. The Morgan fingerprint density at radius 3 is 2.02 bits per heavy atom. The van der Waals surface area contributed by atoms with Gasteiger partial charge >= 0.3 is 12.1 Å². The maximum absolute atomic E-state index is 12.7. The number of aromatic nitrogens is 1. The number of carbonyl (C=O) groups is 2. The lowest BCUT2D eigenvalue weighted by atomic mass is 10.1. The average Bonchev–Trinajstić information content (AvgIpc) is 3.51. The van der Waals surface area contributed by atoms with Gasteiger partial charge in [0.25, 0.3) is 0 Å². The van der Waals surface area contributed by atoms with Crippen LogP contribution < -0.4 is 14.2 Å². The number of amides is 1. The monoisotopic (exact) mass is 540 g/mol. The Hall–Kier alpha value is -4.72. The minimum Gasteiger partial charge on any atom is -0.493 e. The number of benzene rings is 3. The van der Waals surface area contributed by atoms with Crippen molar-refractivity contribution in [2.75, 3.05) is 19.7 Å². The molecule has 0 unspecified atom stereocenters. The molecule has 0 atom stereocenters. The van der Waals surface area contributed by atoms with E-state index in [-0.39, 0.29) is 18.6 Å². The van der Waals surface area contributed by atoms with E-state index in [1.165, 1.54) is 0 Å². The van der Waals surface area contributed by atoms with E-state index in [0.29, 0.717) is 44.0 Å². The predicted octanol–water partition coefficient (Wildman–Crippen LogP) is 5.77. The first-order chi connectivity index (χ1) is 19.5. The van der Waals surface area contributed by atoms with Crippen molar-refractivity contribution in [2.24, 2.45) is 0 Å². The molecule has 206 valence electrons. The summed E-state index contributed by atoms with van der Waals surface area (Å²) in [6.45, 7) is 1.64. The van der Waals surface area contributed by atoms with Crippen LogP contribution in [-0.4, -0.2) is 52.4 Å². The van der Waals surface area contributed by atoms with E-state index in [4.69, 9.17) is 19.3 Å². The van der Waals surface area contributed by atoms with Crippen LogP contribution in [0.4, 0.5) is 4.79 Å². The summed E-state index contributed by atoms with van der Waals surface area (Å²) in [6, 6.07) is 26.6. The summed E-state index contributed by atoms with van der Waals surface area (Å²) in [7, 11) is 0. The third kappa shape index (κ3) is 7.44. The third-order valence-corrected chi connectivity index (χ3v) is 6.81. The van der Waals surface area contributed by atoms with Crippen LogP contribution in [0.1, 0.15) is 24.0 Å². The highest BCUT2D eigenvalue weighted by molar-refractivity contribution is 5.71. The molecule has 1 N–H and O–H groups in total. The van der Waals surface area contributed by atoms with E-state index in [0.717, 1.165) is 29.0 Å². The third-order valence-electron chi connectivity index (χ3n) is 6.81. The Balaban J connectivity index is 1.01. The van der Waals surface area contributed by atoms with Crippen LogP contribution >= 0.6 is 0 Å². The van der Waals surface area contributed by atoms with Crippen LogP contribution in [0.5, 0.6) is 17.2 Å². The number of aliphatic carboxylic acids is 1. The number of nitrogens with zero attached hydrogens (tertiary/aromatic N) is 2. The van der Waals surface area contributed by atoms with E-state index in [1.54, 1.807) is 29.2 Å². The molecule has 3 aromatic carbocycles. The van der Waals surface area contributed by atoms with Gasteiger partial charge in [0.2, 0.25) is 0 Å². The van der Waals surface area contributed by atoms with Gasteiger partial charge < -0.3 is 28.8 Å². The smallest absolute Gasteiger partial charge is 0.415 e. The number of carboxylic acid groups (broad SMARTS) is 1. The zero-order chi connectivity index (χ0) is 27.7. The number of carbonyl (C=O) groups excluding carboxylic acids is 1. The second kappa shape index (κ2) is 12.9. The predicted molar refractivity (Wildman–Crippen MR) is 150 cm³/mol. The summed E-state index contributed by atoms with van der Waals surface area (Å²) in [6.07, 6.45) is 5.75. The minimum atomic E-state index is -0.861. The van der Waals surface area contributed by atoms with Crippen LogP contribution in [0.25, 0.3) is 5.69 Å². The van der Waals surface area contributed by atoms with Gasteiger partial charge in [0.1, 0.15) is 23.4 Å². The first-order valence-electron chi connectivity index (χ1n) is 13.4. The fraction of sp³-hybridized carbons (Fsp3) is 0.250. The van der Waals surface area contributed by atoms with Crippen molar-refractivity contribution in [3.05, 3.63) is 108 Å². The summed E-state index contributed by atoms with van der Waals surface area (Å²) in [5.74, 6) is 1.17. The Kier molecular flexibility index (Phi) is 8.66. The Morgan fingerprint density at radius 1 is 0.775 bits per heavy atom. The number of piperidine rings is 1. The molecule has 1 saturated heterocycles. The van der Waals surface area contributed by atoms with Crippen LogP contribution in [-0.2, 0) is 17.6 Å². The lowest BCUT2D eigenvalue weighted by Crippen LogP contribution is -2.43. The zero-order valence-electron chi connectivity index (χ0n) is 22.1. The molecule has 1 amide bonds. The van der Waals surface area contributed by atoms with E-state index < -0.39 is 5.97 Å². The molecule has 4 aromatic rings. The molecule has 1 aliphatic rings. The van der Waals surface area contributed by atoms with Gasteiger partial charge in [-0.3, -0.25) is 4.79 Å². The van der Waals surface area contributed by atoms with Gasteiger partial charge in [-0.15, -0.1) is 0 Å². The maximum Gasteiger partial charge on any atom is 0.415 e. The average molecular weight is 541 g/mol. The van der Waals surface area contributed by atoms with Crippen molar-refractivity contribution in [3.63, 3.8) is 0 Å². The van der Waals surface area contributed by atoms with Crippen LogP contribution in [0, 0.1) is 0 Å². The molecule has 40 heavy (non-hydrogen) atoms. The van der Waals surface area contributed by atoms with E-state index in [2.05, 4.69) is 0 Å². The first kappa shape index (κ1) is 26.9. The normalized spacial score (nSPS) is 13.6. The molecule has 1 fully saturated rings. The molecule has 0 aliphatic carbocycles. The molecule has 2 heterocycles. The summed E-state index contributed by atoms with van der Waals surface area (Å²) < 4.78 is 19.5. The van der Waals surface area contributed by atoms with Gasteiger partial charge in [-0.2, -0.15) is 0 Å². The summed E-state index contributed by atoms with van der Waals surface area (Å²) in [4.78, 5) is 25.2. The van der Waals surface area contributed by atoms with Gasteiger partial charge in [0, 0.05) is 50.4 Å². The van der Waals surface area contributed by atoms with Crippen molar-refractivity contribution in [2.45, 2.75) is 31.8 Å². The summed E-state index contributed by atoms with van der Waals surface area (Å²) >= 11 is 0. The van der Waals surface area contributed by atoms with E-state index in [1.807, 2.05) is 77.6 Å². The highest BCUT2D eigenvalue weighted by atomic mass is 16.6. The first-order valence-corrected chi connectivity index (χ1v) is 13.4. The molecular weight excluding hydrogens is 508 g/mol. The lowest BCUT2D eigenvalue weighted by molar-refractivity contribution is -0.136. The number of carboxylic acids is 1. The number of ether oxygens (including phenoxy) is 3. The number of rotatable bonds is 10. The largest absolute Gasteiger partial charge is 0.493 e. The van der Waals surface area contributed by atoms with Gasteiger partial charge in [-0.1, -0.05) is 24.3 Å². The quantitative estimate of drug-likeness (QED) is 0.275. The molecule has 5 rings (SSSR count). The molecule has 8 heteroatoms. The van der Waals surface area contributed by atoms with Gasteiger partial charge in [-0.05, 0) is 71.8 Å². The highest BCUT2D eigenvalue weighted by Crippen LogP contribution is 2.22. The zero-order valence-corrected chi connectivity index (χ0v) is 22.1. The number of likely N-dealkylation sites (tertiary alicyclic amines) is 1. The molecule has 1 aliphatic heterocycles. The topological polar surface area (TPSA) is 90.2 Å². The van der Waals surface area contributed by atoms with E-state index >= 15 is 0 Å². The second-order valence-corrected chi connectivity index (χ2v) is 9.71. The van der Waals surface area contributed by atoms with Crippen molar-refractivity contribution in [3.8, 4) is 22.9 Å². The Bertz CT molecular complexity index is 1380. The molecule has 0 radical (unpaired) electrons. The number of hydrogen-bond acceptors (Lipinski definition) is 5. The van der Waals surface area contributed by atoms with Crippen molar-refractivity contribution < 1.29 is 28.9 Å². The molecule has 8 nitrogen and oxygen atoms in total. The van der Waals surface area contributed by atoms with Gasteiger partial charge in [0.05, 0.1) is 13.0 Å². The van der Waals surface area contributed by atoms with E-state index in [9.17, 15) is 9.59 Å². The van der Waals surface area contributed by atoms with Crippen molar-refractivity contribution in [1.29, 1.82) is 0 Å². The van der Waals surface area contributed by atoms with Crippen LogP contribution in [0.2, 0.25) is 0 Å². The Labute approximate surface area is 233 Å². The summed E-state index contributed by atoms with van der Waals surface area (Å²) in [5, 5.41) is 8.89. The fourth-order valence-corrected chi connectivity index (χ4v) is 4.61. The standard InChI is InChI=1S/C32H32N2O6/c35-31(36)23-25-5-11-28(12-6-25)39-30-15-20-34(21-16-30)32(37)40-29-9-3-24(4-10-29)17-22-38-27-13-7-26(8-14-27)33-18-1-2-19-33/h1-14,18-19,30H,15-17,20-23H2,(H,35,36). The Morgan fingerprint density at radius 2 is 1.38 bits per heavy atom. The van der Waals surface area contributed by atoms with Crippen molar-refractivity contribution in [1.82, 2.24) is 9.47 Å². The highest BCUT2D eigenvalue weighted by Gasteiger charge is 2.25. The molecule has 0 saturated carbocycles. The minimum absolute atomic E-state index is 0.00630. The van der Waals surface area contributed by atoms with Gasteiger partial charge in [0.15, 0.2) is 0 Å². The fourth-order valence-electron chi connectivity index (χ4n) is 4.61. The van der Waals surface area contributed by atoms with Crippen LogP contribution in [0.15, 0.2) is 97.3 Å². The van der Waals surface area contributed by atoms with Gasteiger partial charge in [-0.25, -0.2) is 4.79 Å². The second-order valence-electron chi connectivity index (χ2n) is 9.71. The molecular formula is C32H32N2O6. The number of hydrogen-bond donors (Lipinski definition) is 1. The van der Waals surface area contributed by atoms with Crippen LogP contribution in [0.3, 0.4) is 0 Å². The maximum atomic E-state index is 12.7. The molecule has 1 aromatic heterocycles. The molecule has 0 spiro atoms. The summed E-state index contributed by atoms with van der Waals surface area (Å²) in [5.41, 5.74) is 2.91.